The maximum absolute atomic E-state index is 11.9. The molecule has 2 heterocycles. The maximum atomic E-state index is 11.9. The number of carbonyl (C=O) groups excluding carboxylic acids is 1. The monoisotopic (exact) mass is 249 g/mol. The molecule has 1 aromatic rings. The molecule has 0 saturated carbocycles. The molecule has 2 rings (SSSR count). The third-order valence-electron chi connectivity index (χ3n) is 3.09. The first-order valence-corrected chi connectivity index (χ1v) is 6.30. The van der Waals surface area contributed by atoms with E-state index in [1.165, 1.54) is 6.42 Å². The minimum absolute atomic E-state index is 0.0228. The maximum Gasteiger partial charge on any atom is 0.260 e. The van der Waals surface area contributed by atoms with Crippen molar-refractivity contribution in [1.29, 1.82) is 0 Å². The number of ether oxygens (including phenoxy) is 1. The van der Waals surface area contributed by atoms with Gasteiger partial charge in [0.1, 0.15) is 0 Å². The Labute approximate surface area is 107 Å². The molecule has 0 aromatic carbocycles. The molecule has 0 bridgehead atoms. The number of nitrogen functional groups attached to an aromatic ring is 1. The third kappa shape index (κ3) is 3.12. The van der Waals surface area contributed by atoms with Crippen molar-refractivity contribution in [2.45, 2.75) is 26.2 Å². The molecular weight excluding hydrogens is 230 g/mol. The molecule has 0 spiro atoms. The van der Waals surface area contributed by atoms with Gasteiger partial charge in [0.2, 0.25) is 0 Å². The lowest BCUT2D eigenvalue weighted by atomic mass is 10.1. The van der Waals surface area contributed by atoms with E-state index in [0.717, 1.165) is 31.6 Å². The second-order valence-electron chi connectivity index (χ2n) is 4.57. The van der Waals surface area contributed by atoms with Gasteiger partial charge in [-0.25, -0.2) is 4.98 Å². The Kier molecular flexibility index (Phi) is 4.02. The van der Waals surface area contributed by atoms with Gasteiger partial charge in [-0.15, -0.1) is 0 Å². The topological polar surface area (TPSA) is 68.5 Å². The summed E-state index contributed by atoms with van der Waals surface area (Å²) in [6.45, 7) is 3.57. The van der Waals surface area contributed by atoms with Gasteiger partial charge in [0.25, 0.3) is 5.91 Å². The second-order valence-corrected chi connectivity index (χ2v) is 4.57. The molecule has 0 radical (unpaired) electrons. The Morgan fingerprint density at radius 2 is 2.11 bits per heavy atom. The molecule has 0 aliphatic carbocycles. The Bertz CT molecular complexity index is 428. The number of piperidine rings is 1. The third-order valence-corrected chi connectivity index (χ3v) is 3.09. The lowest BCUT2D eigenvalue weighted by Crippen LogP contribution is -2.38. The van der Waals surface area contributed by atoms with E-state index in [0.29, 0.717) is 11.6 Å². The summed E-state index contributed by atoms with van der Waals surface area (Å²) in [5.41, 5.74) is 6.56. The minimum Gasteiger partial charge on any atom is -0.480 e. The van der Waals surface area contributed by atoms with Crippen molar-refractivity contribution in [3.63, 3.8) is 0 Å². The van der Waals surface area contributed by atoms with Gasteiger partial charge in [-0.05, 0) is 38.3 Å². The highest BCUT2D eigenvalue weighted by atomic mass is 16.5. The predicted molar refractivity (Wildman–Crippen MR) is 69.3 cm³/mol. The predicted octanol–water partition coefficient (Wildman–Crippen LogP) is 1.36. The summed E-state index contributed by atoms with van der Waals surface area (Å²) >= 11 is 0. The lowest BCUT2D eigenvalue weighted by Gasteiger charge is -2.26. The zero-order valence-electron chi connectivity index (χ0n) is 10.7. The molecule has 2 N–H and O–H groups in total. The van der Waals surface area contributed by atoms with Gasteiger partial charge in [0.15, 0.2) is 18.2 Å². The van der Waals surface area contributed by atoms with Crippen LogP contribution in [0.15, 0.2) is 12.1 Å². The Hall–Kier alpha value is -1.78. The van der Waals surface area contributed by atoms with Crippen molar-refractivity contribution < 1.29 is 9.53 Å². The average Bonchev–Trinajstić information content (AvgIpc) is 2.38. The molecule has 18 heavy (non-hydrogen) atoms. The molecule has 5 nitrogen and oxygen atoms in total. The van der Waals surface area contributed by atoms with E-state index >= 15 is 0 Å². The fourth-order valence-electron chi connectivity index (χ4n) is 2.06. The molecule has 1 aliphatic rings. The molecule has 5 heteroatoms. The lowest BCUT2D eigenvalue weighted by molar-refractivity contribution is -0.134. The number of nitrogens with two attached hydrogens (primary N) is 1. The number of aromatic nitrogens is 1. The summed E-state index contributed by atoms with van der Waals surface area (Å²) in [4.78, 5) is 17.8. The van der Waals surface area contributed by atoms with Crippen molar-refractivity contribution in [3.8, 4) is 5.75 Å². The number of pyridine rings is 1. The van der Waals surface area contributed by atoms with E-state index in [2.05, 4.69) is 4.98 Å². The Morgan fingerprint density at radius 1 is 1.39 bits per heavy atom. The van der Waals surface area contributed by atoms with Gasteiger partial charge >= 0.3 is 0 Å². The molecule has 1 aromatic heterocycles. The zero-order valence-corrected chi connectivity index (χ0v) is 10.7. The first kappa shape index (κ1) is 12.7. The molecule has 0 unspecified atom stereocenters. The first-order valence-electron chi connectivity index (χ1n) is 6.30. The summed E-state index contributed by atoms with van der Waals surface area (Å²) in [6, 6.07) is 3.57. The molecular formula is C13H19N3O2. The number of rotatable bonds is 3. The van der Waals surface area contributed by atoms with E-state index in [-0.39, 0.29) is 12.5 Å². The van der Waals surface area contributed by atoms with Gasteiger partial charge in [-0.3, -0.25) is 4.79 Å². The van der Waals surface area contributed by atoms with Gasteiger partial charge in [0, 0.05) is 18.8 Å². The summed E-state index contributed by atoms with van der Waals surface area (Å²) in [5, 5.41) is 0. The number of anilines is 1. The van der Waals surface area contributed by atoms with Crippen LogP contribution in [0.25, 0.3) is 0 Å². The zero-order chi connectivity index (χ0) is 13.0. The number of aryl methyl sites for hydroxylation is 1. The standard InChI is InChI=1S/C13H19N3O2/c1-10-5-6-11(13(14)15-10)18-9-12(17)16-7-3-2-4-8-16/h5-6H,2-4,7-9H2,1H3,(H2,14,15). The fourth-order valence-corrected chi connectivity index (χ4v) is 2.06. The van der Waals surface area contributed by atoms with Gasteiger partial charge in [0.05, 0.1) is 0 Å². The molecule has 0 atom stereocenters. The second kappa shape index (κ2) is 5.71. The van der Waals surface area contributed by atoms with E-state index < -0.39 is 0 Å². The molecule has 1 amide bonds. The SMILES string of the molecule is Cc1ccc(OCC(=O)N2CCCCC2)c(N)n1. The van der Waals surface area contributed by atoms with Crippen molar-refractivity contribution in [1.82, 2.24) is 9.88 Å². The van der Waals surface area contributed by atoms with Crippen LogP contribution in [0.4, 0.5) is 5.82 Å². The first-order chi connectivity index (χ1) is 8.66. The Morgan fingerprint density at radius 3 is 2.78 bits per heavy atom. The van der Waals surface area contributed by atoms with Crippen LogP contribution in [-0.4, -0.2) is 35.5 Å². The van der Waals surface area contributed by atoms with Gasteiger partial charge < -0.3 is 15.4 Å². The minimum atomic E-state index is 0.0228. The van der Waals surface area contributed by atoms with Gasteiger partial charge in [-0.1, -0.05) is 0 Å². The van der Waals surface area contributed by atoms with E-state index in [1.807, 2.05) is 17.9 Å². The smallest absolute Gasteiger partial charge is 0.260 e. The molecule has 1 saturated heterocycles. The highest BCUT2D eigenvalue weighted by Gasteiger charge is 2.17. The number of hydrogen-bond donors (Lipinski definition) is 1. The summed E-state index contributed by atoms with van der Waals surface area (Å²) in [6.07, 6.45) is 3.37. The summed E-state index contributed by atoms with van der Waals surface area (Å²) in [5.74, 6) is 0.835. The van der Waals surface area contributed by atoms with Crippen molar-refractivity contribution >= 4 is 11.7 Å². The molecule has 98 valence electrons. The van der Waals surface area contributed by atoms with Crippen molar-refractivity contribution in [2.75, 3.05) is 25.4 Å². The molecule has 1 aliphatic heterocycles. The van der Waals surface area contributed by atoms with Gasteiger partial charge in [-0.2, -0.15) is 0 Å². The largest absolute Gasteiger partial charge is 0.480 e. The number of likely N-dealkylation sites (tertiary alicyclic amines) is 1. The van der Waals surface area contributed by atoms with E-state index in [1.54, 1.807) is 6.07 Å². The van der Waals surface area contributed by atoms with Crippen LogP contribution < -0.4 is 10.5 Å². The number of hydrogen-bond acceptors (Lipinski definition) is 4. The van der Waals surface area contributed by atoms with E-state index in [9.17, 15) is 4.79 Å². The fraction of sp³-hybridized carbons (Fsp3) is 0.538. The number of nitrogens with zero attached hydrogens (tertiary/aromatic N) is 2. The van der Waals surface area contributed by atoms with Crippen molar-refractivity contribution in [3.05, 3.63) is 17.8 Å². The van der Waals surface area contributed by atoms with Crippen molar-refractivity contribution in [2.24, 2.45) is 0 Å². The average molecular weight is 249 g/mol. The van der Waals surface area contributed by atoms with Crippen LogP contribution in [-0.2, 0) is 4.79 Å². The van der Waals surface area contributed by atoms with Crippen LogP contribution in [0.1, 0.15) is 25.0 Å². The Balaban J connectivity index is 1.88. The van der Waals surface area contributed by atoms with Crippen LogP contribution in [0.5, 0.6) is 5.75 Å². The van der Waals surface area contributed by atoms with Crippen LogP contribution >= 0.6 is 0 Å². The molecule has 1 fully saturated rings. The summed E-state index contributed by atoms with van der Waals surface area (Å²) in [7, 11) is 0. The summed E-state index contributed by atoms with van der Waals surface area (Å²) < 4.78 is 5.43. The van der Waals surface area contributed by atoms with Crippen LogP contribution in [0.3, 0.4) is 0 Å². The van der Waals surface area contributed by atoms with Crippen LogP contribution in [0, 0.1) is 6.92 Å². The normalized spacial score (nSPS) is 15.5. The quantitative estimate of drug-likeness (QED) is 0.878. The highest BCUT2D eigenvalue weighted by molar-refractivity contribution is 5.78. The number of amides is 1. The van der Waals surface area contributed by atoms with Crippen LogP contribution in [0.2, 0.25) is 0 Å². The highest BCUT2D eigenvalue weighted by Crippen LogP contribution is 2.19. The van der Waals surface area contributed by atoms with E-state index in [4.69, 9.17) is 10.5 Å². The number of carbonyl (C=O) groups is 1.